The van der Waals surface area contributed by atoms with E-state index in [2.05, 4.69) is 23.1 Å². The Morgan fingerprint density at radius 1 is 1.47 bits per heavy atom. The van der Waals surface area contributed by atoms with Crippen LogP contribution in [0.2, 0.25) is 0 Å². The number of likely N-dealkylation sites (tertiary alicyclic amines) is 1. The first-order valence-electron chi connectivity index (χ1n) is 7.54. The third kappa shape index (κ3) is 4.62. The summed E-state index contributed by atoms with van der Waals surface area (Å²) in [5, 5.41) is 4.35. The van der Waals surface area contributed by atoms with Crippen molar-refractivity contribution in [2.75, 3.05) is 26.8 Å². The number of nitrogens with zero attached hydrogens (tertiary/aromatic N) is 3. The Balaban J connectivity index is 1.77. The van der Waals surface area contributed by atoms with Gasteiger partial charge < -0.3 is 4.74 Å². The van der Waals surface area contributed by atoms with E-state index in [0.717, 1.165) is 25.6 Å². The summed E-state index contributed by atoms with van der Waals surface area (Å²) in [6, 6.07) is 0. The van der Waals surface area contributed by atoms with E-state index < -0.39 is 0 Å². The third-order valence-corrected chi connectivity index (χ3v) is 3.98. The monoisotopic (exact) mass is 265 g/mol. The minimum absolute atomic E-state index is 0.852. The van der Waals surface area contributed by atoms with Crippen LogP contribution in [0.15, 0.2) is 12.4 Å². The third-order valence-electron chi connectivity index (χ3n) is 3.98. The lowest BCUT2D eigenvalue weighted by molar-refractivity contribution is 0.142. The first-order chi connectivity index (χ1) is 9.31. The van der Waals surface area contributed by atoms with E-state index in [1.807, 2.05) is 10.9 Å². The van der Waals surface area contributed by atoms with E-state index in [-0.39, 0.29) is 0 Å². The Morgan fingerprint density at radius 2 is 2.37 bits per heavy atom. The number of rotatable bonds is 7. The molecule has 4 nitrogen and oxygen atoms in total. The van der Waals surface area contributed by atoms with Crippen LogP contribution < -0.4 is 0 Å². The van der Waals surface area contributed by atoms with Gasteiger partial charge in [0, 0.05) is 45.1 Å². The topological polar surface area (TPSA) is 30.3 Å². The zero-order valence-corrected chi connectivity index (χ0v) is 12.3. The van der Waals surface area contributed by atoms with Gasteiger partial charge in [-0.25, -0.2) is 0 Å². The first-order valence-corrected chi connectivity index (χ1v) is 7.54. The molecule has 0 bridgehead atoms. The lowest BCUT2D eigenvalue weighted by Gasteiger charge is -2.32. The minimum Gasteiger partial charge on any atom is -0.385 e. The molecular weight excluding hydrogens is 238 g/mol. The zero-order chi connectivity index (χ0) is 13.5. The van der Waals surface area contributed by atoms with Crippen LogP contribution in [0.1, 0.15) is 38.2 Å². The quantitative estimate of drug-likeness (QED) is 0.710. The number of hydrogen-bond donors (Lipinski definition) is 0. The maximum absolute atomic E-state index is 5.15. The molecule has 2 heterocycles. The number of piperidine rings is 1. The molecule has 0 spiro atoms. The van der Waals surface area contributed by atoms with Gasteiger partial charge in [-0.05, 0) is 45.1 Å². The highest BCUT2D eigenvalue weighted by molar-refractivity contribution is 5.03. The molecule has 1 aromatic heterocycles. The van der Waals surface area contributed by atoms with Gasteiger partial charge in [0.2, 0.25) is 0 Å². The van der Waals surface area contributed by atoms with E-state index in [1.165, 1.54) is 44.3 Å². The average molecular weight is 265 g/mol. The first kappa shape index (κ1) is 14.5. The summed E-state index contributed by atoms with van der Waals surface area (Å²) < 4.78 is 7.16. The highest BCUT2D eigenvalue weighted by Crippen LogP contribution is 2.22. The normalized spacial score (nSPS) is 20.8. The molecular formula is C15H27N3O. The van der Waals surface area contributed by atoms with Crippen LogP contribution in [0.25, 0.3) is 0 Å². The SMILES string of the molecule is CCn1cc(CN2CCC[C@@H](CCCOC)C2)cn1. The predicted octanol–water partition coefficient (Wildman–Crippen LogP) is 2.54. The van der Waals surface area contributed by atoms with Gasteiger partial charge in [0.1, 0.15) is 0 Å². The number of methoxy groups -OCH3 is 1. The summed E-state index contributed by atoms with van der Waals surface area (Å²) in [6.45, 7) is 7.52. The number of aromatic nitrogens is 2. The van der Waals surface area contributed by atoms with Crippen LogP contribution in [0, 0.1) is 5.92 Å². The standard InChI is InChI=1S/C15H27N3O/c1-3-18-13-15(10-16-18)12-17-8-4-6-14(11-17)7-5-9-19-2/h10,13-14H,3-9,11-12H2,1-2H3/t14-/m0/s1. The smallest absolute Gasteiger partial charge is 0.0534 e. The van der Waals surface area contributed by atoms with E-state index in [9.17, 15) is 0 Å². The predicted molar refractivity (Wildman–Crippen MR) is 77.0 cm³/mol. The molecule has 4 heteroatoms. The summed E-state index contributed by atoms with van der Waals surface area (Å²) in [6.07, 6.45) is 9.40. The van der Waals surface area contributed by atoms with Gasteiger partial charge in [0.15, 0.2) is 0 Å². The molecule has 108 valence electrons. The molecule has 0 unspecified atom stereocenters. The van der Waals surface area contributed by atoms with Gasteiger partial charge in [-0.3, -0.25) is 9.58 Å². The molecule has 1 atom stereocenters. The average Bonchev–Trinajstić information content (AvgIpc) is 2.87. The van der Waals surface area contributed by atoms with Gasteiger partial charge >= 0.3 is 0 Å². The van der Waals surface area contributed by atoms with Gasteiger partial charge in [-0.15, -0.1) is 0 Å². The van der Waals surface area contributed by atoms with Crippen LogP contribution in [0.3, 0.4) is 0 Å². The largest absolute Gasteiger partial charge is 0.385 e. The van der Waals surface area contributed by atoms with Gasteiger partial charge in [0.25, 0.3) is 0 Å². The van der Waals surface area contributed by atoms with Crippen LogP contribution in [0.5, 0.6) is 0 Å². The second-order valence-corrected chi connectivity index (χ2v) is 5.58. The second kappa shape index (κ2) is 7.65. The molecule has 1 fully saturated rings. The molecule has 1 aliphatic heterocycles. The van der Waals surface area contributed by atoms with E-state index >= 15 is 0 Å². The fourth-order valence-electron chi connectivity index (χ4n) is 2.97. The summed E-state index contributed by atoms with van der Waals surface area (Å²) in [7, 11) is 1.79. The molecule has 1 aromatic rings. The number of hydrogen-bond acceptors (Lipinski definition) is 3. The minimum atomic E-state index is 0.852. The molecule has 0 N–H and O–H groups in total. The van der Waals surface area contributed by atoms with E-state index in [4.69, 9.17) is 4.74 Å². The molecule has 19 heavy (non-hydrogen) atoms. The molecule has 0 aromatic carbocycles. The van der Waals surface area contributed by atoms with Crippen molar-refractivity contribution in [1.29, 1.82) is 0 Å². The lowest BCUT2D eigenvalue weighted by atomic mass is 9.93. The molecule has 1 aliphatic rings. The van der Waals surface area contributed by atoms with Crippen molar-refractivity contribution in [2.24, 2.45) is 5.92 Å². The van der Waals surface area contributed by atoms with Crippen LogP contribution in [-0.2, 0) is 17.8 Å². The Morgan fingerprint density at radius 3 is 3.11 bits per heavy atom. The zero-order valence-electron chi connectivity index (χ0n) is 12.3. The molecule has 2 rings (SSSR count). The molecule has 0 saturated carbocycles. The van der Waals surface area contributed by atoms with Crippen molar-refractivity contribution in [3.8, 4) is 0 Å². The summed E-state index contributed by atoms with van der Waals surface area (Å²) >= 11 is 0. The Labute approximate surface area is 116 Å². The number of ether oxygens (including phenoxy) is 1. The molecule has 1 saturated heterocycles. The highest BCUT2D eigenvalue weighted by atomic mass is 16.5. The molecule has 0 aliphatic carbocycles. The second-order valence-electron chi connectivity index (χ2n) is 5.58. The maximum Gasteiger partial charge on any atom is 0.0534 e. The maximum atomic E-state index is 5.15. The van der Waals surface area contributed by atoms with Gasteiger partial charge in [-0.2, -0.15) is 5.10 Å². The summed E-state index contributed by atoms with van der Waals surface area (Å²) in [5.74, 6) is 0.852. The van der Waals surface area contributed by atoms with Crippen molar-refractivity contribution in [2.45, 2.75) is 45.7 Å². The van der Waals surface area contributed by atoms with Crippen molar-refractivity contribution >= 4 is 0 Å². The van der Waals surface area contributed by atoms with Gasteiger partial charge in [0.05, 0.1) is 6.20 Å². The van der Waals surface area contributed by atoms with Crippen molar-refractivity contribution < 1.29 is 4.74 Å². The Bertz CT molecular complexity index is 364. The summed E-state index contributed by atoms with van der Waals surface area (Å²) in [4.78, 5) is 2.58. The van der Waals surface area contributed by atoms with Crippen LogP contribution in [0.4, 0.5) is 0 Å². The van der Waals surface area contributed by atoms with E-state index in [0.29, 0.717) is 0 Å². The fraction of sp³-hybridized carbons (Fsp3) is 0.800. The van der Waals surface area contributed by atoms with Crippen molar-refractivity contribution in [3.05, 3.63) is 18.0 Å². The lowest BCUT2D eigenvalue weighted by Crippen LogP contribution is -2.34. The van der Waals surface area contributed by atoms with Crippen molar-refractivity contribution in [3.63, 3.8) is 0 Å². The Hall–Kier alpha value is -0.870. The number of aryl methyl sites for hydroxylation is 1. The van der Waals surface area contributed by atoms with E-state index in [1.54, 1.807) is 7.11 Å². The summed E-state index contributed by atoms with van der Waals surface area (Å²) in [5.41, 5.74) is 1.35. The van der Waals surface area contributed by atoms with Crippen molar-refractivity contribution in [1.82, 2.24) is 14.7 Å². The molecule has 0 radical (unpaired) electrons. The highest BCUT2D eigenvalue weighted by Gasteiger charge is 2.19. The fourth-order valence-corrected chi connectivity index (χ4v) is 2.97. The molecule has 0 amide bonds. The van der Waals surface area contributed by atoms with Crippen LogP contribution >= 0.6 is 0 Å². The Kier molecular flexibility index (Phi) is 5.86. The van der Waals surface area contributed by atoms with Gasteiger partial charge in [-0.1, -0.05) is 0 Å². The van der Waals surface area contributed by atoms with Crippen LogP contribution in [-0.4, -0.2) is 41.5 Å².